The van der Waals surface area contributed by atoms with E-state index in [2.05, 4.69) is 31.0 Å². The van der Waals surface area contributed by atoms with Crippen molar-refractivity contribution in [3.8, 4) is 0 Å². The lowest BCUT2D eigenvalue weighted by Gasteiger charge is -2.26. The van der Waals surface area contributed by atoms with Crippen molar-refractivity contribution in [3.63, 3.8) is 0 Å². The summed E-state index contributed by atoms with van der Waals surface area (Å²) in [7, 11) is 0. The lowest BCUT2D eigenvalue weighted by atomic mass is 9.96. The molecule has 0 bridgehead atoms. The fraction of sp³-hybridized carbons (Fsp3) is 0.400. The molecule has 0 radical (unpaired) electrons. The maximum absolute atomic E-state index is 13.2. The first kappa shape index (κ1) is 17.6. The Morgan fingerprint density at radius 1 is 1.35 bits per heavy atom. The van der Waals surface area contributed by atoms with E-state index in [9.17, 15) is 4.79 Å². The molecular formula is C20H22N2O2S2. The zero-order chi connectivity index (χ0) is 18.3. The number of hydrogen-bond acceptors (Lipinski definition) is 4. The quantitative estimate of drug-likeness (QED) is 0.674. The van der Waals surface area contributed by atoms with Crippen molar-refractivity contribution in [2.24, 2.45) is 5.92 Å². The summed E-state index contributed by atoms with van der Waals surface area (Å²) >= 11 is 7.07. The fourth-order valence-corrected chi connectivity index (χ4v) is 4.99. The van der Waals surface area contributed by atoms with Gasteiger partial charge in [-0.3, -0.25) is 9.36 Å². The normalized spacial score (nSPS) is 17.0. The van der Waals surface area contributed by atoms with Gasteiger partial charge in [-0.1, -0.05) is 44.2 Å². The Hall–Kier alpha value is -1.76. The van der Waals surface area contributed by atoms with Crippen molar-refractivity contribution < 1.29 is 4.74 Å². The number of aromatic nitrogens is 2. The molecule has 1 atom stereocenters. The zero-order valence-electron chi connectivity index (χ0n) is 15.0. The van der Waals surface area contributed by atoms with Gasteiger partial charge in [0.2, 0.25) is 0 Å². The molecule has 1 N–H and O–H groups in total. The Bertz CT molecular complexity index is 1050. The summed E-state index contributed by atoms with van der Waals surface area (Å²) in [5.74, 6) is 0.431. The first-order valence-corrected chi connectivity index (χ1v) is 10.2. The van der Waals surface area contributed by atoms with E-state index in [1.165, 1.54) is 5.56 Å². The topological polar surface area (TPSA) is 47.0 Å². The fourth-order valence-electron chi connectivity index (χ4n) is 3.51. The van der Waals surface area contributed by atoms with E-state index in [-0.39, 0.29) is 11.7 Å². The van der Waals surface area contributed by atoms with Crippen LogP contribution in [0, 0.1) is 10.7 Å². The molecule has 1 aliphatic heterocycles. The number of ether oxygens (including phenoxy) is 1. The van der Waals surface area contributed by atoms with E-state index in [4.69, 9.17) is 17.0 Å². The molecular weight excluding hydrogens is 364 g/mol. The number of hydrogen-bond donors (Lipinski definition) is 1. The number of nitrogens with one attached hydrogen (secondary N) is 1. The summed E-state index contributed by atoms with van der Waals surface area (Å²) < 4.78 is 8.17. The van der Waals surface area contributed by atoms with Crippen LogP contribution in [0.15, 0.2) is 35.1 Å². The third-order valence-electron chi connectivity index (χ3n) is 5.06. The number of benzene rings is 1. The molecule has 0 saturated carbocycles. The average molecular weight is 387 g/mol. The Morgan fingerprint density at radius 2 is 2.12 bits per heavy atom. The van der Waals surface area contributed by atoms with Gasteiger partial charge in [0, 0.05) is 17.8 Å². The second-order valence-electron chi connectivity index (χ2n) is 7.13. The molecule has 0 unspecified atom stereocenters. The smallest absolute Gasteiger partial charge is 0.263 e. The van der Waals surface area contributed by atoms with Crippen LogP contribution in [0.5, 0.6) is 0 Å². The molecule has 0 aliphatic carbocycles. The van der Waals surface area contributed by atoms with E-state index in [0.717, 1.165) is 33.5 Å². The van der Waals surface area contributed by atoms with Crippen LogP contribution in [0.2, 0.25) is 0 Å². The predicted molar refractivity (Wildman–Crippen MR) is 109 cm³/mol. The van der Waals surface area contributed by atoms with Crippen LogP contribution in [0.3, 0.4) is 0 Å². The lowest BCUT2D eigenvalue weighted by molar-refractivity contribution is 0.00200. The van der Waals surface area contributed by atoms with Crippen LogP contribution in [0.25, 0.3) is 10.2 Å². The molecule has 1 aromatic carbocycles. The zero-order valence-corrected chi connectivity index (χ0v) is 16.6. The molecule has 136 valence electrons. The predicted octanol–water partition coefficient (Wildman–Crippen LogP) is 4.46. The summed E-state index contributed by atoms with van der Waals surface area (Å²) in [5, 5.41) is 0.806. The summed E-state index contributed by atoms with van der Waals surface area (Å²) in [6, 6.07) is 10.2. The van der Waals surface area contributed by atoms with Gasteiger partial charge < -0.3 is 9.72 Å². The van der Waals surface area contributed by atoms with Crippen LogP contribution >= 0.6 is 23.6 Å². The molecule has 1 aliphatic rings. The van der Waals surface area contributed by atoms with Crippen molar-refractivity contribution in [2.75, 3.05) is 0 Å². The van der Waals surface area contributed by atoms with Crippen molar-refractivity contribution in [1.29, 1.82) is 0 Å². The van der Waals surface area contributed by atoms with Gasteiger partial charge in [-0.05, 0) is 35.7 Å². The first-order valence-electron chi connectivity index (χ1n) is 8.97. The highest BCUT2D eigenvalue weighted by Gasteiger charge is 2.27. The van der Waals surface area contributed by atoms with Crippen molar-refractivity contribution >= 4 is 33.8 Å². The Kier molecular flexibility index (Phi) is 4.82. The molecule has 0 fully saturated rings. The molecule has 2 aromatic heterocycles. The first-order chi connectivity index (χ1) is 12.5. The number of nitrogens with zero attached hydrogens (tertiary/aromatic N) is 1. The van der Waals surface area contributed by atoms with Gasteiger partial charge in [-0.15, -0.1) is 11.3 Å². The van der Waals surface area contributed by atoms with Gasteiger partial charge >= 0.3 is 0 Å². The number of H-pyrrole nitrogens is 1. The second-order valence-corrected chi connectivity index (χ2v) is 8.62. The van der Waals surface area contributed by atoms with Gasteiger partial charge in [0.15, 0.2) is 4.77 Å². The summed E-state index contributed by atoms with van der Waals surface area (Å²) in [6.45, 7) is 5.50. The minimum atomic E-state index is 0.0292. The van der Waals surface area contributed by atoms with Crippen LogP contribution in [0.1, 0.15) is 29.9 Å². The van der Waals surface area contributed by atoms with Gasteiger partial charge in [0.1, 0.15) is 4.83 Å². The molecule has 0 amide bonds. The van der Waals surface area contributed by atoms with E-state index in [0.29, 0.717) is 23.8 Å². The van der Waals surface area contributed by atoms with Gasteiger partial charge in [-0.2, -0.15) is 0 Å². The van der Waals surface area contributed by atoms with E-state index < -0.39 is 0 Å². The van der Waals surface area contributed by atoms with Crippen molar-refractivity contribution in [1.82, 2.24) is 9.55 Å². The van der Waals surface area contributed by atoms with Gasteiger partial charge in [0.25, 0.3) is 5.56 Å². The molecule has 3 heterocycles. The molecule has 0 saturated heterocycles. The van der Waals surface area contributed by atoms with Crippen LogP contribution in [-0.4, -0.2) is 15.7 Å². The minimum Gasteiger partial charge on any atom is -0.372 e. The number of fused-ring (bicyclic) bond motifs is 3. The van der Waals surface area contributed by atoms with E-state index in [1.54, 1.807) is 15.9 Å². The highest BCUT2D eigenvalue weighted by molar-refractivity contribution is 7.71. The van der Waals surface area contributed by atoms with Crippen molar-refractivity contribution in [2.45, 2.75) is 45.9 Å². The van der Waals surface area contributed by atoms with Crippen LogP contribution in [0.4, 0.5) is 0 Å². The molecule has 4 rings (SSSR count). The van der Waals surface area contributed by atoms with Crippen molar-refractivity contribution in [3.05, 3.63) is 61.5 Å². The maximum atomic E-state index is 13.2. The van der Waals surface area contributed by atoms with Gasteiger partial charge in [0.05, 0.1) is 18.1 Å². The van der Waals surface area contributed by atoms with E-state index in [1.807, 2.05) is 18.2 Å². The summed E-state index contributed by atoms with van der Waals surface area (Å²) in [4.78, 5) is 18.5. The lowest BCUT2D eigenvalue weighted by Crippen LogP contribution is -2.28. The highest BCUT2D eigenvalue weighted by Crippen LogP contribution is 2.34. The molecule has 6 heteroatoms. The number of rotatable bonds is 4. The highest BCUT2D eigenvalue weighted by atomic mass is 32.1. The number of aryl methyl sites for hydroxylation is 1. The molecule has 4 nitrogen and oxygen atoms in total. The number of thiophene rings is 1. The van der Waals surface area contributed by atoms with Crippen LogP contribution in [-0.2, 0) is 30.7 Å². The Balaban J connectivity index is 1.75. The number of aromatic amines is 1. The SMILES string of the molecule is CC(C)[C@H]1Cc2c(sc3[nH]c(=S)n(CCc4ccccc4)c(=O)c23)CO1. The van der Waals surface area contributed by atoms with Gasteiger partial charge in [-0.25, -0.2) is 0 Å². The average Bonchev–Trinajstić information content (AvgIpc) is 2.99. The molecule has 26 heavy (non-hydrogen) atoms. The third-order valence-corrected chi connectivity index (χ3v) is 6.50. The summed E-state index contributed by atoms with van der Waals surface area (Å²) in [5.41, 5.74) is 2.38. The molecule has 0 spiro atoms. The standard InChI is InChI=1S/C20H22N2O2S2/c1-12(2)15-10-14-16(11-24-15)26-18-17(14)19(23)22(20(25)21-18)9-8-13-6-4-3-5-7-13/h3-7,12,15H,8-11H2,1-2H3,(H,21,25)/t15-/m1/s1. The van der Waals surface area contributed by atoms with Crippen LogP contribution < -0.4 is 5.56 Å². The second kappa shape index (κ2) is 7.10. The maximum Gasteiger partial charge on any atom is 0.263 e. The third kappa shape index (κ3) is 3.17. The van der Waals surface area contributed by atoms with E-state index >= 15 is 0 Å². The Labute approximate surface area is 161 Å². The monoisotopic (exact) mass is 386 g/mol. The minimum absolute atomic E-state index is 0.0292. The molecule has 3 aromatic rings. The summed E-state index contributed by atoms with van der Waals surface area (Å²) in [6.07, 6.45) is 1.75. The Morgan fingerprint density at radius 3 is 2.85 bits per heavy atom. The largest absolute Gasteiger partial charge is 0.372 e.